The molecule has 0 radical (unpaired) electrons. The summed E-state index contributed by atoms with van der Waals surface area (Å²) in [5.41, 5.74) is 7.46. The van der Waals surface area contributed by atoms with Gasteiger partial charge in [0.1, 0.15) is 0 Å². The molecule has 0 spiro atoms. The van der Waals surface area contributed by atoms with E-state index in [9.17, 15) is 8.42 Å². The fourth-order valence-corrected chi connectivity index (χ4v) is 4.35. The van der Waals surface area contributed by atoms with Crippen molar-refractivity contribution >= 4 is 21.6 Å². The predicted molar refractivity (Wildman–Crippen MR) is 83.7 cm³/mol. The first kappa shape index (κ1) is 15.5. The second-order valence-electron chi connectivity index (χ2n) is 5.34. The van der Waals surface area contributed by atoms with Crippen molar-refractivity contribution in [2.45, 2.75) is 0 Å². The van der Waals surface area contributed by atoms with Gasteiger partial charge < -0.3 is 15.4 Å². The van der Waals surface area contributed by atoms with E-state index >= 15 is 0 Å². The number of pyridine rings is 1. The summed E-state index contributed by atoms with van der Waals surface area (Å²) < 4.78 is 33.5. The highest BCUT2D eigenvalue weighted by Crippen LogP contribution is 2.23. The Morgan fingerprint density at radius 1 is 1.05 bits per heavy atom. The van der Waals surface area contributed by atoms with E-state index in [1.165, 1.54) is 4.31 Å². The van der Waals surface area contributed by atoms with Crippen molar-refractivity contribution in [2.24, 2.45) is 0 Å². The van der Waals surface area contributed by atoms with Crippen LogP contribution in [-0.4, -0.2) is 74.5 Å². The summed E-state index contributed by atoms with van der Waals surface area (Å²) in [7, 11) is -3.38. The maximum absolute atomic E-state index is 12.6. The van der Waals surface area contributed by atoms with Crippen molar-refractivity contribution in [1.82, 2.24) is 13.6 Å². The molecular weight excluding hydrogens is 306 g/mol. The second-order valence-corrected chi connectivity index (χ2v) is 7.27. The quantitative estimate of drug-likeness (QED) is 0.794. The average Bonchev–Trinajstić information content (AvgIpc) is 2.56. The number of rotatable bonds is 3. The monoisotopic (exact) mass is 327 g/mol. The molecule has 2 fully saturated rings. The lowest BCUT2D eigenvalue weighted by atomic mass is 10.2. The third-order valence-electron chi connectivity index (χ3n) is 4.03. The normalized spacial score (nSPS) is 21.9. The fourth-order valence-electron chi connectivity index (χ4n) is 2.79. The number of nitrogens with zero attached hydrogens (tertiary/aromatic N) is 4. The van der Waals surface area contributed by atoms with E-state index in [2.05, 4.69) is 9.88 Å². The Labute approximate surface area is 130 Å². The number of nitrogens with two attached hydrogens (primary N) is 1. The molecule has 2 aliphatic rings. The molecule has 0 bridgehead atoms. The molecule has 0 atom stereocenters. The molecular formula is C13H21N5O3S. The van der Waals surface area contributed by atoms with E-state index in [-0.39, 0.29) is 0 Å². The number of hydrogen-bond acceptors (Lipinski definition) is 6. The van der Waals surface area contributed by atoms with E-state index in [1.807, 2.05) is 6.07 Å². The van der Waals surface area contributed by atoms with Crippen LogP contribution in [0.15, 0.2) is 18.5 Å². The van der Waals surface area contributed by atoms with Crippen LogP contribution >= 0.6 is 0 Å². The molecule has 2 N–H and O–H groups in total. The van der Waals surface area contributed by atoms with Gasteiger partial charge in [-0.05, 0) is 6.07 Å². The third-order valence-corrected chi connectivity index (χ3v) is 6.07. The number of hydrogen-bond donors (Lipinski definition) is 1. The number of aromatic nitrogens is 1. The Balaban J connectivity index is 1.65. The second kappa shape index (κ2) is 6.37. The lowest BCUT2D eigenvalue weighted by molar-refractivity contribution is 0.0700. The Hall–Kier alpha value is -1.42. The zero-order chi connectivity index (χ0) is 15.6. The smallest absolute Gasteiger partial charge is 0.282 e. The van der Waals surface area contributed by atoms with Gasteiger partial charge in [0.2, 0.25) is 0 Å². The summed E-state index contributed by atoms with van der Waals surface area (Å²) >= 11 is 0. The van der Waals surface area contributed by atoms with E-state index in [0.29, 0.717) is 58.2 Å². The highest BCUT2D eigenvalue weighted by Gasteiger charge is 2.33. The Bertz CT molecular complexity index is 610. The molecule has 3 rings (SSSR count). The number of anilines is 2. The largest absolute Gasteiger partial charge is 0.396 e. The van der Waals surface area contributed by atoms with Gasteiger partial charge in [-0.2, -0.15) is 17.0 Å². The van der Waals surface area contributed by atoms with Crippen LogP contribution in [0.4, 0.5) is 11.4 Å². The van der Waals surface area contributed by atoms with Crippen LogP contribution in [0.25, 0.3) is 0 Å². The van der Waals surface area contributed by atoms with Crippen LogP contribution in [0.1, 0.15) is 0 Å². The molecule has 2 saturated heterocycles. The molecule has 0 saturated carbocycles. The maximum Gasteiger partial charge on any atom is 0.282 e. The van der Waals surface area contributed by atoms with Gasteiger partial charge in [0.15, 0.2) is 0 Å². The number of nitrogen functional groups attached to an aromatic ring is 1. The molecule has 0 amide bonds. The fraction of sp³-hybridized carbons (Fsp3) is 0.615. The van der Waals surface area contributed by atoms with E-state index in [4.69, 9.17) is 10.5 Å². The number of ether oxygens (including phenoxy) is 1. The van der Waals surface area contributed by atoms with Crippen molar-refractivity contribution in [2.75, 3.05) is 63.1 Å². The molecule has 9 heteroatoms. The van der Waals surface area contributed by atoms with E-state index < -0.39 is 10.2 Å². The summed E-state index contributed by atoms with van der Waals surface area (Å²) in [5.74, 6) is 0. The minimum absolute atomic E-state index is 0.430. The van der Waals surface area contributed by atoms with Gasteiger partial charge in [0, 0.05) is 45.5 Å². The minimum Gasteiger partial charge on any atom is -0.396 e. The molecule has 1 aromatic heterocycles. The van der Waals surface area contributed by atoms with Crippen molar-refractivity contribution in [3.63, 3.8) is 0 Å². The van der Waals surface area contributed by atoms with Crippen LogP contribution in [0.5, 0.6) is 0 Å². The van der Waals surface area contributed by atoms with E-state index in [1.54, 1.807) is 16.7 Å². The van der Waals surface area contributed by atoms with E-state index in [0.717, 1.165) is 5.69 Å². The average molecular weight is 327 g/mol. The van der Waals surface area contributed by atoms with Crippen LogP contribution in [0, 0.1) is 0 Å². The summed E-state index contributed by atoms with van der Waals surface area (Å²) in [6.07, 6.45) is 3.31. The van der Waals surface area contributed by atoms with Gasteiger partial charge in [-0.3, -0.25) is 4.98 Å². The standard InChI is InChI=1S/C13H21N5O3S/c14-12-11-15-2-1-13(12)16-3-5-17(6-4-16)22(19,20)18-7-9-21-10-8-18/h1-2,11H,3-10,14H2. The number of piperazine rings is 1. The third kappa shape index (κ3) is 3.02. The molecule has 0 aliphatic carbocycles. The maximum atomic E-state index is 12.6. The van der Waals surface area contributed by atoms with Crippen LogP contribution < -0.4 is 10.6 Å². The highest BCUT2D eigenvalue weighted by atomic mass is 32.2. The molecule has 3 heterocycles. The van der Waals surface area contributed by atoms with Gasteiger partial charge in [0.05, 0.1) is 30.8 Å². The first-order valence-electron chi connectivity index (χ1n) is 7.36. The Morgan fingerprint density at radius 3 is 2.32 bits per heavy atom. The van der Waals surface area contributed by atoms with Crippen molar-refractivity contribution < 1.29 is 13.2 Å². The topological polar surface area (TPSA) is 92.0 Å². The minimum atomic E-state index is -3.38. The van der Waals surface area contributed by atoms with Gasteiger partial charge in [0.25, 0.3) is 10.2 Å². The molecule has 22 heavy (non-hydrogen) atoms. The lowest BCUT2D eigenvalue weighted by Gasteiger charge is -2.38. The summed E-state index contributed by atoms with van der Waals surface area (Å²) in [6.45, 7) is 3.96. The van der Waals surface area contributed by atoms with Crippen molar-refractivity contribution in [3.8, 4) is 0 Å². The van der Waals surface area contributed by atoms with Crippen LogP contribution in [-0.2, 0) is 14.9 Å². The summed E-state index contributed by atoms with van der Waals surface area (Å²) in [6, 6.07) is 1.86. The van der Waals surface area contributed by atoms with Gasteiger partial charge in [-0.1, -0.05) is 0 Å². The van der Waals surface area contributed by atoms with Crippen molar-refractivity contribution in [3.05, 3.63) is 18.5 Å². The molecule has 0 unspecified atom stereocenters. The van der Waals surface area contributed by atoms with Gasteiger partial charge >= 0.3 is 0 Å². The zero-order valence-corrected chi connectivity index (χ0v) is 13.2. The zero-order valence-electron chi connectivity index (χ0n) is 12.4. The molecule has 1 aromatic rings. The summed E-state index contributed by atoms with van der Waals surface area (Å²) in [4.78, 5) is 6.08. The molecule has 2 aliphatic heterocycles. The SMILES string of the molecule is Nc1cnccc1N1CCN(S(=O)(=O)N2CCOCC2)CC1. The van der Waals surface area contributed by atoms with Crippen LogP contribution in [0.3, 0.4) is 0 Å². The van der Waals surface area contributed by atoms with Crippen molar-refractivity contribution in [1.29, 1.82) is 0 Å². The lowest BCUT2D eigenvalue weighted by Crippen LogP contribution is -2.55. The first-order chi connectivity index (χ1) is 10.6. The summed E-state index contributed by atoms with van der Waals surface area (Å²) in [5, 5.41) is 0. The first-order valence-corrected chi connectivity index (χ1v) is 8.76. The Morgan fingerprint density at radius 2 is 1.68 bits per heavy atom. The molecule has 8 nitrogen and oxygen atoms in total. The van der Waals surface area contributed by atoms with Crippen LogP contribution in [0.2, 0.25) is 0 Å². The van der Waals surface area contributed by atoms with Gasteiger partial charge in [-0.25, -0.2) is 0 Å². The highest BCUT2D eigenvalue weighted by molar-refractivity contribution is 7.86. The van der Waals surface area contributed by atoms with Gasteiger partial charge in [-0.15, -0.1) is 0 Å². The number of morpholine rings is 1. The Kier molecular flexibility index (Phi) is 4.48. The molecule has 0 aromatic carbocycles. The predicted octanol–water partition coefficient (Wildman–Crippen LogP) is -0.637. The molecule has 122 valence electrons.